The molecule has 1 aromatic heterocycles. The van der Waals surface area contributed by atoms with E-state index in [1.165, 1.54) is 4.68 Å². The van der Waals surface area contributed by atoms with Gasteiger partial charge in [-0.3, -0.25) is 9.59 Å². The number of nitrogens with one attached hydrogen (secondary N) is 1. The van der Waals surface area contributed by atoms with Crippen LogP contribution in [0, 0.1) is 17.2 Å². The zero-order valence-electron chi connectivity index (χ0n) is 15.3. The number of nitrogens with zero attached hydrogens (tertiary/aromatic N) is 3. The van der Waals surface area contributed by atoms with Gasteiger partial charge in [0, 0.05) is 11.9 Å². The van der Waals surface area contributed by atoms with E-state index in [9.17, 15) is 14.9 Å². The number of carbonyl (C=O) groups excluding carboxylic acids is 1. The van der Waals surface area contributed by atoms with Crippen molar-refractivity contribution in [2.24, 2.45) is 5.92 Å². The van der Waals surface area contributed by atoms with Crippen molar-refractivity contribution in [2.75, 3.05) is 0 Å². The van der Waals surface area contributed by atoms with Gasteiger partial charge in [0.15, 0.2) is 5.69 Å². The van der Waals surface area contributed by atoms with Crippen molar-refractivity contribution >= 4 is 16.7 Å². The highest BCUT2D eigenvalue weighted by Crippen LogP contribution is 2.28. The lowest BCUT2D eigenvalue weighted by Crippen LogP contribution is -2.49. The minimum Gasteiger partial charge on any atom is -0.332 e. The van der Waals surface area contributed by atoms with Crippen molar-refractivity contribution in [2.45, 2.75) is 58.0 Å². The number of amides is 1. The second kappa shape index (κ2) is 7.28. The van der Waals surface area contributed by atoms with Gasteiger partial charge in [-0.2, -0.15) is 10.4 Å². The summed E-state index contributed by atoms with van der Waals surface area (Å²) in [6.07, 6.45) is 4.24. The third-order valence-corrected chi connectivity index (χ3v) is 4.89. The SMILES string of the molecule is CC(C)Cn1nc(C(=O)NC2(C#N)CCCCC2)c2ccccc2c1=O. The summed E-state index contributed by atoms with van der Waals surface area (Å²) >= 11 is 0. The molecule has 3 rings (SSSR count). The molecule has 6 heteroatoms. The van der Waals surface area contributed by atoms with Crippen molar-refractivity contribution in [3.63, 3.8) is 0 Å². The number of hydrogen-bond donors (Lipinski definition) is 1. The quantitative estimate of drug-likeness (QED) is 0.916. The van der Waals surface area contributed by atoms with Crippen molar-refractivity contribution in [3.8, 4) is 6.07 Å². The molecule has 1 N–H and O–H groups in total. The van der Waals surface area contributed by atoms with E-state index in [1.54, 1.807) is 24.3 Å². The van der Waals surface area contributed by atoms with Crippen molar-refractivity contribution in [1.82, 2.24) is 15.1 Å². The van der Waals surface area contributed by atoms with Gasteiger partial charge in [-0.1, -0.05) is 51.3 Å². The van der Waals surface area contributed by atoms with Crippen molar-refractivity contribution < 1.29 is 4.79 Å². The lowest BCUT2D eigenvalue weighted by Gasteiger charge is -2.31. The molecule has 0 unspecified atom stereocenters. The lowest BCUT2D eigenvalue weighted by atomic mass is 9.82. The standard InChI is InChI=1S/C20H24N4O2/c1-14(2)12-24-19(26)16-9-5-4-8-15(16)17(23-24)18(25)22-20(13-21)10-6-3-7-11-20/h4-5,8-9,14H,3,6-7,10-12H2,1-2H3,(H,22,25). The van der Waals surface area contributed by atoms with E-state index >= 15 is 0 Å². The van der Waals surface area contributed by atoms with Crippen LogP contribution in [0.15, 0.2) is 29.1 Å². The number of aromatic nitrogens is 2. The molecule has 1 aromatic carbocycles. The molecule has 1 aliphatic rings. The summed E-state index contributed by atoms with van der Waals surface area (Å²) in [7, 11) is 0. The molecule has 0 atom stereocenters. The first-order valence-electron chi connectivity index (χ1n) is 9.19. The maximum absolute atomic E-state index is 13.0. The summed E-state index contributed by atoms with van der Waals surface area (Å²) in [5, 5.41) is 17.9. The Bertz CT molecular complexity index is 918. The summed E-state index contributed by atoms with van der Waals surface area (Å²) < 4.78 is 1.36. The van der Waals surface area contributed by atoms with E-state index in [-0.39, 0.29) is 23.1 Å². The summed E-state index contributed by atoms with van der Waals surface area (Å²) in [6.45, 7) is 4.43. The van der Waals surface area contributed by atoms with Gasteiger partial charge in [0.1, 0.15) is 5.54 Å². The largest absolute Gasteiger partial charge is 0.332 e. The fourth-order valence-corrected chi connectivity index (χ4v) is 3.57. The van der Waals surface area contributed by atoms with Crippen LogP contribution in [0.25, 0.3) is 10.8 Å². The summed E-state index contributed by atoms with van der Waals surface area (Å²) in [5.41, 5.74) is -0.823. The van der Waals surface area contributed by atoms with Gasteiger partial charge in [-0.05, 0) is 24.8 Å². The molecule has 0 aliphatic heterocycles. The number of carbonyl (C=O) groups is 1. The van der Waals surface area contributed by atoms with E-state index in [2.05, 4.69) is 16.5 Å². The molecule has 1 heterocycles. The number of hydrogen-bond acceptors (Lipinski definition) is 4. The Kier molecular flexibility index (Phi) is 5.08. The highest BCUT2D eigenvalue weighted by Gasteiger charge is 2.34. The highest BCUT2D eigenvalue weighted by atomic mass is 16.2. The molecule has 0 radical (unpaired) electrons. The molecule has 0 spiro atoms. The molecular formula is C20H24N4O2. The molecule has 2 aromatic rings. The summed E-state index contributed by atoms with van der Waals surface area (Å²) in [4.78, 5) is 25.7. The first-order valence-corrected chi connectivity index (χ1v) is 9.19. The second-order valence-electron chi connectivity index (χ2n) is 7.48. The van der Waals surface area contributed by atoms with Crippen LogP contribution in [-0.2, 0) is 6.54 Å². The van der Waals surface area contributed by atoms with Crippen LogP contribution in [0.5, 0.6) is 0 Å². The number of benzene rings is 1. The van der Waals surface area contributed by atoms with Gasteiger partial charge < -0.3 is 5.32 Å². The molecule has 1 fully saturated rings. The van der Waals surface area contributed by atoms with Crippen LogP contribution in [-0.4, -0.2) is 21.2 Å². The van der Waals surface area contributed by atoms with Crippen molar-refractivity contribution in [1.29, 1.82) is 5.26 Å². The Hall–Kier alpha value is -2.68. The van der Waals surface area contributed by atoms with E-state index in [0.29, 0.717) is 30.2 Å². The molecule has 26 heavy (non-hydrogen) atoms. The Morgan fingerprint density at radius 1 is 1.27 bits per heavy atom. The predicted molar refractivity (Wildman–Crippen MR) is 99.7 cm³/mol. The second-order valence-corrected chi connectivity index (χ2v) is 7.48. The van der Waals surface area contributed by atoms with Crippen LogP contribution in [0.3, 0.4) is 0 Å². The monoisotopic (exact) mass is 352 g/mol. The third kappa shape index (κ3) is 3.48. The maximum atomic E-state index is 13.0. The average molecular weight is 352 g/mol. The third-order valence-electron chi connectivity index (χ3n) is 4.89. The van der Waals surface area contributed by atoms with Crippen LogP contribution in [0.4, 0.5) is 0 Å². The molecule has 1 amide bonds. The molecule has 136 valence electrons. The maximum Gasteiger partial charge on any atom is 0.274 e. The molecule has 0 saturated heterocycles. The average Bonchev–Trinajstić information content (AvgIpc) is 2.64. The zero-order chi connectivity index (χ0) is 18.7. The number of rotatable bonds is 4. The Morgan fingerprint density at radius 2 is 1.92 bits per heavy atom. The van der Waals surface area contributed by atoms with Gasteiger partial charge in [0.25, 0.3) is 11.5 Å². The summed E-state index contributed by atoms with van der Waals surface area (Å²) in [5.74, 6) is -0.164. The fraction of sp³-hybridized carbons (Fsp3) is 0.500. The smallest absolute Gasteiger partial charge is 0.274 e. The first kappa shape index (κ1) is 18.1. The highest BCUT2D eigenvalue weighted by molar-refractivity contribution is 6.05. The Morgan fingerprint density at radius 3 is 2.54 bits per heavy atom. The van der Waals surface area contributed by atoms with Gasteiger partial charge >= 0.3 is 0 Å². The molecule has 6 nitrogen and oxygen atoms in total. The van der Waals surface area contributed by atoms with E-state index < -0.39 is 5.54 Å². The van der Waals surface area contributed by atoms with Crippen LogP contribution < -0.4 is 10.9 Å². The van der Waals surface area contributed by atoms with Crippen LogP contribution in [0.2, 0.25) is 0 Å². The normalized spacial score (nSPS) is 16.4. The van der Waals surface area contributed by atoms with E-state index in [4.69, 9.17) is 0 Å². The predicted octanol–water partition coefficient (Wildman–Crippen LogP) is 3.01. The zero-order valence-corrected chi connectivity index (χ0v) is 15.3. The first-order chi connectivity index (χ1) is 12.5. The van der Waals surface area contributed by atoms with Gasteiger partial charge in [0.05, 0.1) is 11.5 Å². The fourth-order valence-electron chi connectivity index (χ4n) is 3.57. The molecular weight excluding hydrogens is 328 g/mol. The van der Waals surface area contributed by atoms with Gasteiger partial charge in [-0.25, -0.2) is 4.68 Å². The van der Waals surface area contributed by atoms with Crippen LogP contribution in [0.1, 0.15) is 56.4 Å². The van der Waals surface area contributed by atoms with Gasteiger partial charge in [-0.15, -0.1) is 0 Å². The Balaban J connectivity index is 2.06. The number of nitriles is 1. The Labute approximate surface area is 152 Å². The minimum absolute atomic E-state index is 0.196. The number of fused-ring (bicyclic) bond motifs is 1. The van der Waals surface area contributed by atoms with E-state index in [1.807, 2.05) is 13.8 Å². The molecule has 1 saturated carbocycles. The molecule has 0 bridgehead atoms. The lowest BCUT2D eigenvalue weighted by molar-refractivity contribution is 0.0896. The van der Waals surface area contributed by atoms with Crippen LogP contribution >= 0.6 is 0 Å². The summed E-state index contributed by atoms with van der Waals surface area (Å²) in [6, 6.07) is 9.31. The minimum atomic E-state index is -0.836. The molecule has 1 aliphatic carbocycles. The van der Waals surface area contributed by atoms with Crippen molar-refractivity contribution in [3.05, 3.63) is 40.3 Å². The van der Waals surface area contributed by atoms with E-state index in [0.717, 1.165) is 19.3 Å². The topological polar surface area (TPSA) is 87.8 Å². The van der Waals surface area contributed by atoms with Gasteiger partial charge in [0.2, 0.25) is 0 Å².